The van der Waals surface area contributed by atoms with Gasteiger partial charge in [0.15, 0.2) is 5.78 Å². The fourth-order valence-electron chi connectivity index (χ4n) is 3.05. The zero-order valence-corrected chi connectivity index (χ0v) is 14.8. The molecule has 1 amide bonds. The van der Waals surface area contributed by atoms with E-state index in [0.29, 0.717) is 23.2 Å². The van der Waals surface area contributed by atoms with Crippen LogP contribution in [-0.4, -0.2) is 56.0 Å². The van der Waals surface area contributed by atoms with Gasteiger partial charge in [-0.2, -0.15) is 0 Å². The van der Waals surface area contributed by atoms with Crippen LogP contribution in [0.4, 0.5) is 0 Å². The SMILES string of the molecule is O=C(NCCCN1CCOCC1)c1ccccc1C(=O)c1ccccc1. The second kappa shape index (κ2) is 9.27. The third kappa shape index (κ3) is 4.77. The van der Waals surface area contributed by atoms with E-state index in [1.54, 1.807) is 36.4 Å². The first-order chi connectivity index (χ1) is 12.8. The lowest BCUT2D eigenvalue weighted by Gasteiger charge is -2.26. The van der Waals surface area contributed by atoms with E-state index in [2.05, 4.69) is 10.2 Å². The second-order valence-corrected chi connectivity index (χ2v) is 6.30. The Morgan fingerprint density at radius 3 is 2.31 bits per heavy atom. The smallest absolute Gasteiger partial charge is 0.252 e. The van der Waals surface area contributed by atoms with Crippen molar-refractivity contribution in [1.82, 2.24) is 10.2 Å². The molecule has 2 aromatic rings. The highest BCUT2D eigenvalue weighted by molar-refractivity contribution is 6.15. The second-order valence-electron chi connectivity index (χ2n) is 6.30. The molecular weight excluding hydrogens is 328 g/mol. The Labute approximate surface area is 154 Å². The molecule has 2 aromatic carbocycles. The number of ketones is 1. The third-order valence-electron chi connectivity index (χ3n) is 4.49. The summed E-state index contributed by atoms with van der Waals surface area (Å²) in [6, 6.07) is 16.0. The van der Waals surface area contributed by atoms with Crippen molar-refractivity contribution >= 4 is 11.7 Å². The van der Waals surface area contributed by atoms with Gasteiger partial charge >= 0.3 is 0 Å². The molecule has 3 rings (SSSR count). The maximum absolute atomic E-state index is 12.7. The fraction of sp³-hybridized carbons (Fsp3) is 0.333. The Balaban J connectivity index is 1.58. The number of hydrogen-bond donors (Lipinski definition) is 1. The number of nitrogens with zero attached hydrogens (tertiary/aromatic N) is 1. The van der Waals surface area contributed by atoms with Gasteiger partial charge in [-0.1, -0.05) is 48.5 Å². The molecule has 26 heavy (non-hydrogen) atoms. The molecule has 0 unspecified atom stereocenters. The van der Waals surface area contributed by atoms with Crippen molar-refractivity contribution < 1.29 is 14.3 Å². The van der Waals surface area contributed by atoms with Crippen molar-refractivity contribution in [3.8, 4) is 0 Å². The van der Waals surface area contributed by atoms with Crippen LogP contribution in [0.15, 0.2) is 54.6 Å². The van der Waals surface area contributed by atoms with Gasteiger partial charge in [-0.25, -0.2) is 0 Å². The minimum Gasteiger partial charge on any atom is -0.379 e. The molecule has 1 saturated heterocycles. The zero-order valence-electron chi connectivity index (χ0n) is 14.8. The van der Waals surface area contributed by atoms with Gasteiger partial charge in [0, 0.05) is 30.8 Å². The number of hydrogen-bond acceptors (Lipinski definition) is 4. The lowest BCUT2D eigenvalue weighted by molar-refractivity contribution is 0.0374. The van der Waals surface area contributed by atoms with Gasteiger partial charge in [-0.05, 0) is 19.0 Å². The lowest BCUT2D eigenvalue weighted by atomic mass is 9.98. The molecule has 0 atom stereocenters. The Morgan fingerprint density at radius 2 is 1.58 bits per heavy atom. The standard InChI is InChI=1S/C21H24N2O3/c24-20(17-7-2-1-3-8-17)18-9-4-5-10-19(18)21(25)22-11-6-12-23-13-15-26-16-14-23/h1-5,7-10H,6,11-16H2,(H,22,25). The van der Waals surface area contributed by atoms with E-state index in [1.165, 1.54) is 0 Å². The first-order valence-electron chi connectivity index (χ1n) is 9.03. The van der Waals surface area contributed by atoms with Crippen molar-refractivity contribution in [2.45, 2.75) is 6.42 Å². The number of carbonyl (C=O) groups is 2. The van der Waals surface area contributed by atoms with E-state index in [1.807, 2.05) is 18.2 Å². The summed E-state index contributed by atoms with van der Waals surface area (Å²) in [5.41, 5.74) is 1.44. The summed E-state index contributed by atoms with van der Waals surface area (Å²) in [5.74, 6) is -0.337. The molecule has 136 valence electrons. The molecule has 0 bridgehead atoms. The lowest BCUT2D eigenvalue weighted by Crippen LogP contribution is -2.38. The maximum Gasteiger partial charge on any atom is 0.252 e. The topological polar surface area (TPSA) is 58.6 Å². The van der Waals surface area contributed by atoms with E-state index in [0.717, 1.165) is 39.3 Å². The minimum absolute atomic E-state index is 0.135. The summed E-state index contributed by atoms with van der Waals surface area (Å²) in [4.78, 5) is 27.6. The van der Waals surface area contributed by atoms with Crippen LogP contribution in [0, 0.1) is 0 Å². The van der Waals surface area contributed by atoms with Crippen molar-refractivity contribution in [3.05, 3.63) is 71.3 Å². The van der Waals surface area contributed by atoms with Crippen LogP contribution in [0.3, 0.4) is 0 Å². The Kier molecular flexibility index (Phi) is 6.52. The van der Waals surface area contributed by atoms with Crippen LogP contribution >= 0.6 is 0 Å². The van der Waals surface area contributed by atoms with Gasteiger partial charge in [-0.3, -0.25) is 14.5 Å². The van der Waals surface area contributed by atoms with E-state index in [-0.39, 0.29) is 11.7 Å². The van der Waals surface area contributed by atoms with Crippen molar-refractivity contribution in [1.29, 1.82) is 0 Å². The fourth-order valence-corrected chi connectivity index (χ4v) is 3.05. The maximum atomic E-state index is 12.7. The van der Waals surface area contributed by atoms with E-state index < -0.39 is 0 Å². The average molecular weight is 352 g/mol. The summed E-state index contributed by atoms with van der Waals surface area (Å²) in [6.07, 6.45) is 0.876. The van der Waals surface area contributed by atoms with Gasteiger partial charge in [-0.15, -0.1) is 0 Å². The zero-order chi connectivity index (χ0) is 18.2. The molecule has 0 aliphatic carbocycles. The molecule has 1 fully saturated rings. The van der Waals surface area contributed by atoms with Crippen LogP contribution in [0.5, 0.6) is 0 Å². The number of ether oxygens (including phenoxy) is 1. The van der Waals surface area contributed by atoms with Crippen LogP contribution < -0.4 is 5.32 Å². The predicted molar refractivity (Wildman–Crippen MR) is 101 cm³/mol. The average Bonchev–Trinajstić information content (AvgIpc) is 2.72. The van der Waals surface area contributed by atoms with E-state index in [4.69, 9.17) is 4.74 Å². The van der Waals surface area contributed by atoms with Gasteiger partial charge in [0.1, 0.15) is 0 Å². The first kappa shape index (κ1) is 18.3. The minimum atomic E-state index is -0.202. The molecule has 1 heterocycles. The molecule has 0 saturated carbocycles. The normalized spacial score (nSPS) is 14.8. The number of morpholine rings is 1. The predicted octanol–water partition coefficient (Wildman–Crippen LogP) is 2.37. The van der Waals surface area contributed by atoms with Crippen molar-refractivity contribution in [2.75, 3.05) is 39.4 Å². The largest absolute Gasteiger partial charge is 0.379 e. The molecule has 0 spiro atoms. The molecule has 1 aliphatic heterocycles. The number of rotatable bonds is 7. The highest BCUT2D eigenvalue weighted by atomic mass is 16.5. The number of amides is 1. The first-order valence-corrected chi connectivity index (χ1v) is 9.03. The summed E-state index contributed by atoms with van der Waals surface area (Å²) < 4.78 is 5.33. The van der Waals surface area contributed by atoms with Crippen molar-refractivity contribution in [3.63, 3.8) is 0 Å². The highest BCUT2D eigenvalue weighted by Gasteiger charge is 2.17. The third-order valence-corrected chi connectivity index (χ3v) is 4.49. The van der Waals surface area contributed by atoms with E-state index >= 15 is 0 Å². The van der Waals surface area contributed by atoms with Gasteiger partial charge in [0.25, 0.3) is 5.91 Å². The summed E-state index contributed by atoms with van der Waals surface area (Å²) >= 11 is 0. The molecule has 1 aliphatic rings. The van der Waals surface area contributed by atoms with E-state index in [9.17, 15) is 9.59 Å². The Morgan fingerprint density at radius 1 is 0.923 bits per heavy atom. The molecule has 0 radical (unpaired) electrons. The highest BCUT2D eigenvalue weighted by Crippen LogP contribution is 2.14. The van der Waals surface area contributed by atoms with Crippen LogP contribution in [0.1, 0.15) is 32.7 Å². The quantitative estimate of drug-likeness (QED) is 0.614. The Hall–Kier alpha value is -2.50. The number of benzene rings is 2. The van der Waals surface area contributed by atoms with Gasteiger partial charge in [0.05, 0.1) is 18.8 Å². The van der Waals surface area contributed by atoms with Crippen LogP contribution in [0.2, 0.25) is 0 Å². The molecule has 5 nitrogen and oxygen atoms in total. The molecule has 5 heteroatoms. The van der Waals surface area contributed by atoms with Gasteiger partial charge in [0.2, 0.25) is 0 Å². The molecule has 0 aromatic heterocycles. The van der Waals surface area contributed by atoms with Crippen LogP contribution in [0.25, 0.3) is 0 Å². The monoisotopic (exact) mass is 352 g/mol. The number of carbonyl (C=O) groups excluding carboxylic acids is 2. The summed E-state index contributed by atoms with van der Waals surface area (Å²) in [6.45, 7) is 4.98. The Bertz CT molecular complexity index is 740. The van der Waals surface area contributed by atoms with Crippen molar-refractivity contribution in [2.24, 2.45) is 0 Å². The number of nitrogens with one attached hydrogen (secondary N) is 1. The summed E-state index contributed by atoms with van der Waals surface area (Å²) in [5, 5.41) is 2.94. The summed E-state index contributed by atoms with van der Waals surface area (Å²) in [7, 11) is 0. The molecular formula is C21H24N2O3. The molecule has 1 N–H and O–H groups in total. The van der Waals surface area contributed by atoms with Crippen LogP contribution in [-0.2, 0) is 4.74 Å². The van der Waals surface area contributed by atoms with Gasteiger partial charge < -0.3 is 10.1 Å².